The van der Waals surface area contributed by atoms with Gasteiger partial charge in [-0.1, -0.05) is 42.8 Å². The van der Waals surface area contributed by atoms with Crippen LogP contribution in [0.4, 0.5) is 11.8 Å². The molecular weight excluding hydrogens is 521 g/mol. The zero-order chi connectivity index (χ0) is 24.0. The fraction of sp³-hybridized carbons (Fsp3) is 0.222. The van der Waals surface area contributed by atoms with Crippen LogP contribution in [0, 0.1) is 13.8 Å². The van der Waals surface area contributed by atoms with E-state index in [4.69, 9.17) is 10.7 Å². The Morgan fingerprint density at radius 3 is 2.48 bits per heavy atom. The molecule has 0 saturated heterocycles. The van der Waals surface area contributed by atoms with E-state index in [-0.39, 0.29) is 0 Å². The van der Waals surface area contributed by atoms with Crippen molar-refractivity contribution in [3.8, 4) is 11.1 Å². The zero-order valence-corrected chi connectivity index (χ0v) is 21.9. The summed E-state index contributed by atoms with van der Waals surface area (Å²) >= 11 is 2.08. The number of rotatable bonds is 7. The van der Waals surface area contributed by atoms with E-state index in [9.17, 15) is 0 Å². The molecule has 0 fully saturated rings. The van der Waals surface area contributed by atoms with Crippen LogP contribution >= 0.6 is 22.9 Å². The lowest BCUT2D eigenvalue weighted by atomic mass is 9.92. The third-order valence-electron chi connectivity index (χ3n) is 5.08. The van der Waals surface area contributed by atoms with E-state index >= 15 is 0 Å². The molecule has 4 N–H and O–H groups in total. The van der Waals surface area contributed by atoms with E-state index in [1.807, 2.05) is 50.3 Å². The van der Waals surface area contributed by atoms with E-state index < -0.39 is 0 Å². The molecule has 0 amide bonds. The van der Waals surface area contributed by atoms with E-state index in [2.05, 4.69) is 81.4 Å². The summed E-state index contributed by atoms with van der Waals surface area (Å²) in [5.74, 6) is 1.67. The summed E-state index contributed by atoms with van der Waals surface area (Å²) in [5, 5.41) is 4.08. The maximum Gasteiger partial charge on any atom is 0.230 e. The van der Waals surface area contributed by atoms with Gasteiger partial charge in [0.2, 0.25) is 5.95 Å². The molecule has 33 heavy (non-hydrogen) atoms. The highest BCUT2D eigenvalue weighted by atomic mass is 127. The molecule has 0 radical (unpaired) electrons. The van der Waals surface area contributed by atoms with Crippen molar-refractivity contribution in [3.05, 3.63) is 82.4 Å². The van der Waals surface area contributed by atoms with Crippen LogP contribution in [0.25, 0.3) is 28.1 Å². The molecule has 0 atom stereocenters. The molecule has 0 aliphatic heterocycles. The summed E-state index contributed by atoms with van der Waals surface area (Å²) in [7, 11) is 0. The number of nitrogens with one attached hydrogen (secondary N) is 2. The van der Waals surface area contributed by atoms with E-state index in [1.54, 1.807) is 0 Å². The standard InChI is InChI=1S/C27H30IN5/c1-6-7-8-10-20-15-18(4)24(19(5)16-20)21-11-9-12-22-25(21)31-27(32-26(22)29)30-23(33-28)14-13-17(2)3/h7,9-16,33H,6H2,1-5H3,(H3,29,30,31,32)/b23-14-. The quantitative estimate of drug-likeness (QED) is 0.125. The number of nitrogen functional groups attached to an aromatic ring is 1. The number of nitrogens with two attached hydrogens (primary N) is 1. The summed E-state index contributed by atoms with van der Waals surface area (Å²) in [4.78, 5) is 9.35. The van der Waals surface area contributed by atoms with Gasteiger partial charge in [-0.25, -0.2) is 4.98 Å². The van der Waals surface area contributed by atoms with Crippen LogP contribution in [-0.2, 0) is 0 Å². The van der Waals surface area contributed by atoms with Gasteiger partial charge in [0.25, 0.3) is 0 Å². The first kappa shape index (κ1) is 24.6. The first-order chi connectivity index (χ1) is 15.8. The third kappa shape index (κ3) is 6.03. The summed E-state index contributed by atoms with van der Waals surface area (Å²) in [5.41, 5.74) is 17.3. The molecule has 5 nitrogen and oxygen atoms in total. The number of nitrogens with zero attached hydrogens (tertiary/aromatic N) is 2. The number of hydrogen-bond donors (Lipinski definition) is 3. The van der Waals surface area contributed by atoms with Crippen LogP contribution in [-0.4, -0.2) is 9.97 Å². The van der Waals surface area contributed by atoms with Gasteiger partial charge in [-0.3, -0.25) is 0 Å². The number of anilines is 2. The minimum atomic E-state index is 0.443. The Bertz CT molecular complexity index is 1270. The number of halogens is 1. The molecule has 3 aromatic rings. The summed E-state index contributed by atoms with van der Waals surface area (Å²) in [6.45, 7) is 10.5. The molecule has 3 rings (SSSR count). The predicted molar refractivity (Wildman–Crippen MR) is 150 cm³/mol. The number of aromatic nitrogens is 2. The number of fused-ring (bicyclic) bond motifs is 1. The fourth-order valence-corrected chi connectivity index (χ4v) is 3.99. The minimum absolute atomic E-state index is 0.443. The fourth-order valence-electron chi connectivity index (χ4n) is 3.68. The molecule has 2 aromatic carbocycles. The summed E-state index contributed by atoms with van der Waals surface area (Å²) < 4.78 is 3.11. The highest BCUT2D eigenvalue weighted by Crippen LogP contribution is 2.35. The molecule has 0 bridgehead atoms. The van der Waals surface area contributed by atoms with Crippen molar-refractivity contribution in [3.63, 3.8) is 0 Å². The summed E-state index contributed by atoms with van der Waals surface area (Å²) in [6, 6.07) is 10.4. The highest BCUT2D eigenvalue weighted by Gasteiger charge is 2.15. The average molecular weight is 551 g/mol. The highest BCUT2D eigenvalue weighted by molar-refractivity contribution is 14.1. The number of benzene rings is 2. The Balaban J connectivity index is 2.14. The maximum absolute atomic E-state index is 6.35. The van der Waals surface area contributed by atoms with Gasteiger partial charge in [0.15, 0.2) is 0 Å². The average Bonchev–Trinajstić information content (AvgIpc) is 2.76. The van der Waals surface area contributed by atoms with Crippen LogP contribution in [0.1, 0.15) is 43.9 Å². The Hall–Kier alpha value is -3.09. The van der Waals surface area contributed by atoms with Crippen molar-refractivity contribution in [1.29, 1.82) is 0 Å². The zero-order valence-electron chi connectivity index (χ0n) is 19.8. The van der Waals surface area contributed by atoms with Crippen LogP contribution in [0.2, 0.25) is 0 Å². The lowest BCUT2D eigenvalue weighted by Crippen LogP contribution is -2.12. The van der Waals surface area contributed by atoms with Gasteiger partial charge in [-0.2, -0.15) is 4.98 Å². The van der Waals surface area contributed by atoms with Gasteiger partial charge in [0, 0.05) is 10.9 Å². The van der Waals surface area contributed by atoms with Gasteiger partial charge in [0.05, 0.1) is 28.4 Å². The number of allylic oxidation sites excluding steroid dienone is 4. The first-order valence-corrected chi connectivity index (χ1v) is 12.0. The lowest BCUT2D eigenvalue weighted by Gasteiger charge is -2.15. The van der Waals surface area contributed by atoms with E-state index in [0.717, 1.165) is 39.8 Å². The molecular formula is C27H30IN5. The van der Waals surface area contributed by atoms with E-state index in [0.29, 0.717) is 11.8 Å². The molecule has 1 aromatic heterocycles. The molecule has 6 heteroatoms. The maximum atomic E-state index is 6.35. The SMILES string of the molecule is CCC=C=Cc1cc(C)c(-c2cccc3c(N)nc(N/C(=C/C=C(C)C)NI)nc23)c(C)c1. The second-order valence-corrected chi connectivity index (χ2v) is 8.67. The second-order valence-electron chi connectivity index (χ2n) is 8.13. The molecule has 1 heterocycles. The Morgan fingerprint density at radius 2 is 1.85 bits per heavy atom. The van der Waals surface area contributed by atoms with Gasteiger partial charge in [0.1, 0.15) is 11.6 Å². The van der Waals surface area contributed by atoms with Gasteiger partial charge >= 0.3 is 0 Å². The molecule has 0 aliphatic rings. The molecule has 0 aliphatic carbocycles. The van der Waals surface area contributed by atoms with Crippen LogP contribution in [0.15, 0.2) is 65.7 Å². The predicted octanol–water partition coefficient (Wildman–Crippen LogP) is 7.23. The van der Waals surface area contributed by atoms with Crippen molar-refractivity contribution in [2.24, 2.45) is 0 Å². The van der Waals surface area contributed by atoms with Crippen molar-refractivity contribution in [2.75, 3.05) is 11.1 Å². The monoisotopic (exact) mass is 551 g/mol. The Labute approximate surface area is 210 Å². The normalized spacial score (nSPS) is 11.0. The second kappa shape index (κ2) is 11.2. The number of para-hydroxylation sites is 1. The Morgan fingerprint density at radius 1 is 1.12 bits per heavy atom. The van der Waals surface area contributed by atoms with Gasteiger partial charge < -0.3 is 14.6 Å². The smallest absolute Gasteiger partial charge is 0.230 e. The van der Waals surface area contributed by atoms with Crippen LogP contribution < -0.4 is 14.6 Å². The third-order valence-corrected chi connectivity index (χ3v) is 5.67. The molecule has 0 spiro atoms. The number of aryl methyl sites for hydroxylation is 2. The number of hydrogen-bond acceptors (Lipinski definition) is 5. The lowest BCUT2D eigenvalue weighted by molar-refractivity contribution is 1.14. The van der Waals surface area contributed by atoms with Crippen LogP contribution in [0.3, 0.4) is 0 Å². The van der Waals surface area contributed by atoms with E-state index in [1.165, 1.54) is 16.7 Å². The van der Waals surface area contributed by atoms with Gasteiger partial charge in [-0.05, 0) is 80.7 Å². The van der Waals surface area contributed by atoms with Crippen molar-refractivity contribution < 1.29 is 0 Å². The van der Waals surface area contributed by atoms with Crippen molar-refractivity contribution in [2.45, 2.75) is 41.0 Å². The minimum Gasteiger partial charge on any atom is -0.383 e. The van der Waals surface area contributed by atoms with Crippen LogP contribution in [0.5, 0.6) is 0 Å². The molecule has 0 unspecified atom stereocenters. The topological polar surface area (TPSA) is 75.9 Å². The molecule has 170 valence electrons. The Kier molecular flexibility index (Phi) is 8.31. The van der Waals surface area contributed by atoms with Crippen molar-refractivity contribution in [1.82, 2.24) is 13.5 Å². The molecule has 0 saturated carbocycles. The van der Waals surface area contributed by atoms with Gasteiger partial charge in [-0.15, -0.1) is 5.73 Å². The summed E-state index contributed by atoms with van der Waals surface area (Å²) in [6.07, 6.45) is 8.99. The van der Waals surface area contributed by atoms with Crippen molar-refractivity contribution >= 4 is 51.6 Å². The first-order valence-electron chi connectivity index (χ1n) is 10.9. The largest absolute Gasteiger partial charge is 0.383 e.